The Morgan fingerprint density at radius 1 is 1.27 bits per heavy atom. The lowest BCUT2D eigenvalue weighted by atomic mass is 10.0. The van der Waals surface area contributed by atoms with Gasteiger partial charge in [0.15, 0.2) is 5.13 Å². The molecule has 1 aromatic carbocycles. The van der Waals surface area contributed by atoms with Crippen LogP contribution in [0.4, 0.5) is 16.8 Å². The van der Waals surface area contributed by atoms with E-state index in [-0.39, 0.29) is 15.1 Å². The smallest absolute Gasteiger partial charge is 0.217 e. The molecule has 3 N–H and O–H groups in total. The Balaban J connectivity index is 1.50. The standard InChI is InChI=1S/C22H28N6O3S2/c1-4-31-17-6-5-7-18(10-17)33(29,30)21-13-24-22(32-21)28-20-11-19(26-15(3)27-20)25-14(2)16-8-9-23-12-16/h5-7,10-11,13-14,16,23H,4,8-9,12H2,1-3H3,(H2,24,25,26,27,28)/t14-,16?/m1/s1. The van der Waals surface area contributed by atoms with Crippen molar-refractivity contribution in [2.75, 3.05) is 30.3 Å². The largest absolute Gasteiger partial charge is 0.494 e. The number of sulfone groups is 1. The summed E-state index contributed by atoms with van der Waals surface area (Å²) in [6.07, 6.45) is 2.49. The predicted octanol–water partition coefficient (Wildman–Crippen LogP) is 3.63. The van der Waals surface area contributed by atoms with E-state index in [2.05, 4.69) is 37.8 Å². The summed E-state index contributed by atoms with van der Waals surface area (Å²) in [4.78, 5) is 13.3. The molecule has 1 saturated heterocycles. The lowest BCUT2D eigenvalue weighted by Crippen LogP contribution is -2.28. The summed E-state index contributed by atoms with van der Waals surface area (Å²) >= 11 is 1.05. The molecule has 0 radical (unpaired) electrons. The Hall–Kier alpha value is -2.76. The van der Waals surface area contributed by atoms with Gasteiger partial charge in [-0.2, -0.15) is 0 Å². The Morgan fingerprint density at radius 2 is 2.09 bits per heavy atom. The topological polar surface area (TPSA) is 118 Å². The van der Waals surface area contributed by atoms with Gasteiger partial charge in [-0.05, 0) is 64.4 Å². The fourth-order valence-electron chi connectivity index (χ4n) is 3.73. The average molecular weight is 489 g/mol. The van der Waals surface area contributed by atoms with Crippen molar-refractivity contribution in [2.24, 2.45) is 5.92 Å². The monoisotopic (exact) mass is 488 g/mol. The van der Waals surface area contributed by atoms with E-state index >= 15 is 0 Å². The zero-order chi connectivity index (χ0) is 23.4. The molecule has 0 amide bonds. The quantitative estimate of drug-likeness (QED) is 0.415. The molecule has 4 rings (SSSR count). The lowest BCUT2D eigenvalue weighted by Gasteiger charge is -2.20. The number of nitrogens with one attached hydrogen (secondary N) is 3. The number of ether oxygens (including phenoxy) is 1. The fourth-order valence-corrected chi connectivity index (χ4v) is 6.20. The van der Waals surface area contributed by atoms with Crippen LogP contribution in [-0.4, -0.2) is 49.1 Å². The van der Waals surface area contributed by atoms with Gasteiger partial charge in [0.25, 0.3) is 0 Å². The van der Waals surface area contributed by atoms with Gasteiger partial charge in [0, 0.05) is 12.1 Å². The van der Waals surface area contributed by atoms with E-state index in [1.807, 2.05) is 19.9 Å². The van der Waals surface area contributed by atoms with Crippen LogP contribution in [0.1, 0.15) is 26.1 Å². The van der Waals surface area contributed by atoms with Crippen LogP contribution < -0.4 is 20.7 Å². The molecule has 0 aliphatic carbocycles. The fraction of sp³-hybridized carbons (Fsp3) is 0.409. The molecule has 0 bridgehead atoms. The van der Waals surface area contributed by atoms with Crippen molar-refractivity contribution in [2.45, 2.75) is 42.3 Å². The number of benzene rings is 1. The van der Waals surface area contributed by atoms with Crippen LogP contribution >= 0.6 is 11.3 Å². The Bertz CT molecular complexity index is 1210. The van der Waals surface area contributed by atoms with Crippen LogP contribution in [0.5, 0.6) is 5.75 Å². The summed E-state index contributed by atoms with van der Waals surface area (Å²) in [6, 6.07) is 8.56. The zero-order valence-electron chi connectivity index (χ0n) is 18.8. The number of hydrogen-bond donors (Lipinski definition) is 3. The molecule has 9 nitrogen and oxygen atoms in total. The molecule has 0 saturated carbocycles. The van der Waals surface area contributed by atoms with E-state index in [1.165, 1.54) is 12.3 Å². The molecule has 1 fully saturated rings. The van der Waals surface area contributed by atoms with Crippen LogP contribution in [0.3, 0.4) is 0 Å². The van der Waals surface area contributed by atoms with Gasteiger partial charge >= 0.3 is 0 Å². The third-order valence-corrected chi connectivity index (χ3v) is 8.56. The summed E-state index contributed by atoms with van der Waals surface area (Å²) < 4.78 is 31.7. The summed E-state index contributed by atoms with van der Waals surface area (Å²) in [5.41, 5.74) is 0. The minimum absolute atomic E-state index is 0.144. The highest BCUT2D eigenvalue weighted by atomic mass is 32.2. The number of aromatic nitrogens is 3. The minimum Gasteiger partial charge on any atom is -0.494 e. The molecular formula is C22H28N6O3S2. The van der Waals surface area contributed by atoms with E-state index in [1.54, 1.807) is 18.2 Å². The lowest BCUT2D eigenvalue weighted by molar-refractivity contribution is 0.339. The first kappa shape index (κ1) is 23.4. The Kier molecular flexibility index (Phi) is 7.11. The molecule has 2 atom stereocenters. The SMILES string of the molecule is CCOc1cccc(S(=O)(=O)c2cnc(Nc3cc(N[C@H](C)C4CCNC4)nc(C)n3)s2)c1. The molecule has 33 heavy (non-hydrogen) atoms. The minimum atomic E-state index is -3.71. The van der Waals surface area contributed by atoms with Gasteiger partial charge in [-0.15, -0.1) is 0 Å². The third-order valence-electron chi connectivity index (χ3n) is 5.43. The number of thiazole rings is 1. The molecule has 1 unspecified atom stereocenters. The summed E-state index contributed by atoms with van der Waals surface area (Å²) in [5, 5.41) is 10.4. The van der Waals surface area contributed by atoms with E-state index < -0.39 is 9.84 Å². The highest BCUT2D eigenvalue weighted by Crippen LogP contribution is 2.31. The predicted molar refractivity (Wildman–Crippen MR) is 129 cm³/mol. The van der Waals surface area contributed by atoms with E-state index in [9.17, 15) is 8.42 Å². The maximum Gasteiger partial charge on any atom is 0.217 e. The van der Waals surface area contributed by atoms with Crippen molar-refractivity contribution in [3.63, 3.8) is 0 Å². The summed E-state index contributed by atoms with van der Waals surface area (Å²) in [5.74, 6) is 2.95. The van der Waals surface area contributed by atoms with Gasteiger partial charge in [-0.25, -0.2) is 23.4 Å². The van der Waals surface area contributed by atoms with E-state index in [0.717, 1.165) is 36.7 Å². The van der Waals surface area contributed by atoms with Crippen molar-refractivity contribution in [1.29, 1.82) is 0 Å². The zero-order valence-corrected chi connectivity index (χ0v) is 20.5. The average Bonchev–Trinajstić information content (AvgIpc) is 3.46. The molecule has 3 heterocycles. The van der Waals surface area contributed by atoms with Gasteiger partial charge in [0.05, 0.1) is 17.7 Å². The summed E-state index contributed by atoms with van der Waals surface area (Å²) in [6.45, 7) is 8.32. The number of hydrogen-bond acceptors (Lipinski definition) is 10. The number of rotatable bonds is 9. The van der Waals surface area contributed by atoms with Crippen molar-refractivity contribution in [3.8, 4) is 5.75 Å². The molecule has 1 aliphatic rings. The molecule has 0 spiro atoms. The first-order valence-electron chi connectivity index (χ1n) is 10.9. The maximum atomic E-state index is 13.1. The molecular weight excluding hydrogens is 460 g/mol. The second-order valence-electron chi connectivity index (χ2n) is 7.89. The van der Waals surface area contributed by atoms with Crippen LogP contribution in [0.2, 0.25) is 0 Å². The number of nitrogens with zero attached hydrogens (tertiary/aromatic N) is 3. The van der Waals surface area contributed by atoms with Gasteiger partial charge in [0.1, 0.15) is 27.4 Å². The van der Waals surface area contributed by atoms with Crippen molar-refractivity contribution in [1.82, 2.24) is 20.3 Å². The number of aryl methyl sites for hydroxylation is 1. The van der Waals surface area contributed by atoms with Crippen LogP contribution in [-0.2, 0) is 9.84 Å². The maximum absolute atomic E-state index is 13.1. The Labute approximate surface area is 198 Å². The normalized spacial score (nSPS) is 17.0. The van der Waals surface area contributed by atoms with E-state index in [4.69, 9.17) is 4.74 Å². The van der Waals surface area contributed by atoms with Gasteiger partial charge in [-0.3, -0.25) is 0 Å². The van der Waals surface area contributed by atoms with Gasteiger partial charge < -0.3 is 20.7 Å². The highest BCUT2D eigenvalue weighted by Gasteiger charge is 2.23. The van der Waals surface area contributed by atoms with Gasteiger partial charge in [-0.1, -0.05) is 17.4 Å². The third kappa shape index (κ3) is 5.60. The van der Waals surface area contributed by atoms with Crippen LogP contribution in [0, 0.1) is 12.8 Å². The molecule has 3 aromatic rings. The molecule has 1 aliphatic heterocycles. The van der Waals surface area contributed by atoms with E-state index in [0.29, 0.717) is 35.0 Å². The van der Waals surface area contributed by atoms with Crippen LogP contribution in [0.15, 0.2) is 45.6 Å². The van der Waals surface area contributed by atoms with Gasteiger partial charge in [0.2, 0.25) is 9.84 Å². The Morgan fingerprint density at radius 3 is 2.85 bits per heavy atom. The molecule has 11 heteroatoms. The summed E-state index contributed by atoms with van der Waals surface area (Å²) in [7, 11) is -3.71. The highest BCUT2D eigenvalue weighted by molar-refractivity contribution is 7.93. The second-order valence-corrected chi connectivity index (χ2v) is 11.1. The van der Waals surface area contributed by atoms with Crippen molar-refractivity contribution in [3.05, 3.63) is 42.4 Å². The molecule has 176 valence electrons. The number of anilines is 3. The van der Waals surface area contributed by atoms with Crippen molar-refractivity contribution < 1.29 is 13.2 Å². The first-order chi connectivity index (χ1) is 15.8. The van der Waals surface area contributed by atoms with Crippen molar-refractivity contribution >= 4 is 37.9 Å². The first-order valence-corrected chi connectivity index (χ1v) is 13.2. The molecule has 2 aromatic heterocycles. The second kappa shape index (κ2) is 10.0. The van der Waals surface area contributed by atoms with Crippen LogP contribution in [0.25, 0.3) is 0 Å².